The summed E-state index contributed by atoms with van der Waals surface area (Å²) in [6, 6.07) is 0. The first kappa shape index (κ1) is 8.63. The Morgan fingerprint density at radius 1 is 1.67 bits per heavy atom. The van der Waals surface area contributed by atoms with E-state index in [1.54, 1.807) is 11.3 Å². The zero-order valence-corrected chi connectivity index (χ0v) is 5.96. The minimum Gasteiger partial charge on any atom is -0.250 e. The van der Waals surface area contributed by atoms with E-state index in [2.05, 4.69) is 18.8 Å². The van der Waals surface area contributed by atoms with Gasteiger partial charge in [-0.05, 0) is 13.3 Å². The van der Waals surface area contributed by atoms with Gasteiger partial charge in [0, 0.05) is 4.88 Å². The van der Waals surface area contributed by atoms with E-state index in [4.69, 9.17) is 0 Å². The molecule has 0 atom stereocenters. The molecule has 0 saturated heterocycles. The Balaban J connectivity index is 0.000000640. The molecule has 1 aromatic heterocycles. The molecular formula is C7H13NS. The lowest BCUT2D eigenvalue weighted by molar-refractivity contribution is 1.11. The Labute approximate surface area is 60.8 Å². The molecule has 0 amide bonds. The molecule has 1 nitrogen and oxygen atoms in total. The summed E-state index contributed by atoms with van der Waals surface area (Å²) in [4.78, 5) is 5.51. The van der Waals surface area contributed by atoms with Crippen LogP contribution in [0.25, 0.3) is 0 Å². The highest BCUT2D eigenvalue weighted by Crippen LogP contribution is 2.11. The van der Waals surface area contributed by atoms with E-state index in [-0.39, 0.29) is 7.43 Å². The summed E-state index contributed by atoms with van der Waals surface area (Å²) in [6.07, 6.45) is 1.12. The Kier molecular flexibility index (Phi) is 3.47. The minimum atomic E-state index is 0. The molecular weight excluding hydrogens is 130 g/mol. The number of hydrogen-bond acceptors (Lipinski definition) is 2. The summed E-state index contributed by atoms with van der Waals surface area (Å²) < 4.78 is 0. The lowest BCUT2D eigenvalue weighted by atomic mass is 10.3. The first-order chi connectivity index (χ1) is 3.84. The first-order valence-corrected chi connectivity index (χ1v) is 3.61. The summed E-state index contributed by atoms with van der Waals surface area (Å²) in [5.74, 6) is 0. The van der Waals surface area contributed by atoms with Crippen molar-refractivity contribution in [1.29, 1.82) is 0 Å². The second-order valence-corrected chi connectivity index (χ2v) is 2.65. The fourth-order valence-electron chi connectivity index (χ4n) is 0.665. The number of hydrogen-bond donors (Lipinski definition) is 0. The molecule has 2 heteroatoms. The fourth-order valence-corrected chi connectivity index (χ4v) is 1.39. The van der Waals surface area contributed by atoms with E-state index in [0.717, 1.165) is 6.42 Å². The average Bonchev–Trinajstić information content (AvgIpc) is 2.14. The van der Waals surface area contributed by atoms with Crippen molar-refractivity contribution in [3.8, 4) is 0 Å². The van der Waals surface area contributed by atoms with Crippen LogP contribution in [0.15, 0.2) is 5.51 Å². The molecule has 9 heavy (non-hydrogen) atoms. The lowest BCUT2D eigenvalue weighted by Gasteiger charge is -1.85. The highest BCUT2D eigenvalue weighted by Gasteiger charge is 1.94. The van der Waals surface area contributed by atoms with Crippen molar-refractivity contribution >= 4 is 11.3 Å². The molecule has 0 unspecified atom stereocenters. The Morgan fingerprint density at radius 3 is 2.56 bits per heavy atom. The van der Waals surface area contributed by atoms with Gasteiger partial charge in [0.15, 0.2) is 0 Å². The third-order valence-corrected chi connectivity index (χ3v) is 2.25. The topological polar surface area (TPSA) is 12.9 Å². The second-order valence-electron chi connectivity index (χ2n) is 1.71. The molecule has 0 spiro atoms. The van der Waals surface area contributed by atoms with Crippen molar-refractivity contribution < 1.29 is 0 Å². The zero-order valence-electron chi connectivity index (χ0n) is 5.14. The van der Waals surface area contributed by atoms with Crippen molar-refractivity contribution in [3.63, 3.8) is 0 Å². The Hall–Kier alpha value is -0.370. The van der Waals surface area contributed by atoms with Gasteiger partial charge in [0.2, 0.25) is 0 Å². The minimum absolute atomic E-state index is 0. The lowest BCUT2D eigenvalue weighted by Crippen LogP contribution is -1.76. The molecule has 0 aliphatic rings. The maximum atomic E-state index is 4.11. The van der Waals surface area contributed by atoms with Crippen LogP contribution in [0.1, 0.15) is 24.9 Å². The van der Waals surface area contributed by atoms with E-state index < -0.39 is 0 Å². The predicted octanol–water partition coefficient (Wildman–Crippen LogP) is 2.65. The zero-order chi connectivity index (χ0) is 5.98. The SMILES string of the molecule is C.CCc1scnc1C. The van der Waals surface area contributed by atoms with Crippen molar-refractivity contribution in [1.82, 2.24) is 4.98 Å². The van der Waals surface area contributed by atoms with Crippen molar-refractivity contribution in [2.45, 2.75) is 27.7 Å². The van der Waals surface area contributed by atoms with E-state index >= 15 is 0 Å². The molecule has 0 radical (unpaired) electrons. The summed E-state index contributed by atoms with van der Waals surface area (Å²) in [7, 11) is 0. The summed E-state index contributed by atoms with van der Waals surface area (Å²) >= 11 is 1.74. The molecule has 0 N–H and O–H groups in total. The summed E-state index contributed by atoms with van der Waals surface area (Å²) in [6.45, 7) is 4.20. The fraction of sp³-hybridized carbons (Fsp3) is 0.571. The van der Waals surface area contributed by atoms with E-state index in [1.807, 2.05) is 5.51 Å². The number of nitrogens with zero attached hydrogens (tertiary/aromatic N) is 1. The van der Waals surface area contributed by atoms with Crippen LogP contribution >= 0.6 is 11.3 Å². The quantitative estimate of drug-likeness (QED) is 0.589. The van der Waals surface area contributed by atoms with Gasteiger partial charge in [-0.3, -0.25) is 0 Å². The Morgan fingerprint density at radius 2 is 2.33 bits per heavy atom. The van der Waals surface area contributed by atoms with Gasteiger partial charge in [-0.15, -0.1) is 11.3 Å². The third-order valence-electron chi connectivity index (χ3n) is 1.17. The molecule has 0 saturated carbocycles. The predicted molar refractivity (Wildman–Crippen MR) is 43.0 cm³/mol. The van der Waals surface area contributed by atoms with Gasteiger partial charge in [0.1, 0.15) is 0 Å². The van der Waals surface area contributed by atoms with Crippen molar-refractivity contribution in [2.24, 2.45) is 0 Å². The first-order valence-electron chi connectivity index (χ1n) is 2.73. The standard InChI is InChI=1S/C6H9NS.CH4/c1-3-6-5(2)7-4-8-6;/h4H,3H2,1-2H3;1H4. The number of aromatic nitrogens is 1. The van der Waals surface area contributed by atoms with Crippen molar-refractivity contribution in [3.05, 3.63) is 16.1 Å². The molecule has 1 aromatic rings. The highest BCUT2D eigenvalue weighted by molar-refractivity contribution is 7.09. The van der Waals surface area contributed by atoms with Gasteiger partial charge < -0.3 is 0 Å². The normalized spacial score (nSPS) is 8.67. The van der Waals surface area contributed by atoms with Gasteiger partial charge in [-0.1, -0.05) is 14.4 Å². The smallest absolute Gasteiger partial charge is 0.0797 e. The monoisotopic (exact) mass is 143 g/mol. The van der Waals surface area contributed by atoms with E-state index in [9.17, 15) is 0 Å². The largest absolute Gasteiger partial charge is 0.250 e. The molecule has 1 heterocycles. The van der Waals surface area contributed by atoms with Crippen LogP contribution < -0.4 is 0 Å². The molecule has 1 rings (SSSR count). The highest BCUT2D eigenvalue weighted by atomic mass is 32.1. The molecule has 0 aliphatic heterocycles. The molecule has 52 valence electrons. The van der Waals surface area contributed by atoms with Gasteiger partial charge in [0.25, 0.3) is 0 Å². The average molecular weight is 143 g/mol. The third kappa shape index (κ3) is 1.79. The summed E-state index contributed by atoms with van der Waals surface area (Å²) in [5.41, 5.74) is 3.09. The van der Waals surface area contributed by atoms with Crippen molar-refractivity contribution in [2.75, 3.05) is 0 Å². The number of rotatable bonds is 1. The summed E-state index contributed by atoms with van der Waals surface area (Å²) in [5, 5.41) is 0. The molecule has 0 fully saturated rings. The number of aryl methyl sites for hydroxylation is 2. The maximum Gasteiger partial charge on any atom is 0.0797 e. The van der Waals surface area contributed by atoms with Crippen LogP contribution in [0.2, 0.25) is 0 Å². The van der Waals surface area contributed by atoms with Crippen LogP contribution in [0.5, 0.6) is 0 Å². The maximum absolute atomic E-state index is 4.11. The van der Waals surface area contributed by atoms with Gasteiger partial charge in [0.05, 0.1) is 11.2 Å². The van der Waals surface area contributed by atoms with Gasteiger partial charge in [-0.25, -0.2) is 4.98 Å². The number of thiazole rings is 1. The van der Waals surface area contributed by atoms with Gasteiger partial charge >= 0.3 is 0 Å². The van der Waals surface area contributed by atoms with Gasteiger partial charge in [-0.2, -0.15) is 0 Å². The molecule has 0 bridgehead atoms. The van der Waals surface area contributed by atoms with Crippen LogP contribution in [-0.4, -0.2) is 4.98 Å². The van der Waals surface area contributed by atoms with E-state index in [1.165, 1.54) is 10.6 Å². The van der Waals surface area contributed by atoms with Crippen LogP contribution in [0.3, 0.4) is 0 Å². The Bertz CT molecular complexity index is 169. The second kappa shape index (κ2) is 3.62. The van der Waals surface area contributed by atoms with Crippen LogP contribution in [0, 0.1) is 6.92 Å². The van der Waals surface area contributed by atoms with Crippen LogP contribution in [-0.2, 0) is 6.42 Å². The van der Waals surface area contributed by atoms with Crippen LogP contribution in [0.4, 0.5) is 0 Å². The molecule has 0 aliphatic carbocycles. The molecule has 0 aromatic carbocycles. The van der Waals surface area contributed by atoms with E-state index in [0.29, 0.717) is 0 Å².